The van der Waals surface area contributed by atoms with Crippen molar-refractivity contribution in [2.24, 2.45) is 0 Å². The summed E-state index contributed by atoms with van der Waals surface area (Å²) in [7, 11) is 0. The van der Waals surface area contributed by atoms with Gasteiger partial charge in [-0.25, -0.2) is 0 Å². The summed E-state index contributed by atoms with van der Waals surface area (Å²) in [6.45, 7) is 3.83. The number of aromatic nitrogens is 3. The van der Waals surface area contributed by atoms with E-state index in [-0.39, 0.29) is 5.92 Å². The van der Waals surface area contributed by atoms with Gasteiger partial charge in [0.05, 0.1) is 12.1 Å². The molecular weight excluding hydrogens is 278 g/mol. The number of fused-ring (bicyclic) bond motifs is 1. The van der Waals surface area contributed by atoms with Crippen molar-refractivity contribution in [3.8, 4) is 0 Å². The topological polar surface area (TPSA) is 65.0 Å². The van der Waals surface area contributed by atoms with Crippen molar-refractivity contribution in [1.29, 1.82) is 0 Å². The van der Waals surface area contributed by atoms with E-state index in [0.29, 0.717) is 12.3 Å². The van der Waals surface area contributed by atoms with Crippen LogP contribution in [0.2, 0.25) is 0 Å². The predicted octanol–water partition coefficient (Wildman–Crippen LogP) is 3.34. The summed E-state index contributed by atoms with van der Waals surface area (Å²) < 4.78 is 10.6. The van der Waals surface area contributed by atoms with E-state index >= 15 is 0 Å². The minimum Gasteiger partial charge on any atom is -0.361 e. The van der Waals surface area contributed by atoms with Crippen molar-refractivity contribution in [2.75, 3.05) is 0 Å². The number of nitrogens with zero attached hydrogens (tertiary/aromatic N) is 3. The zero-order valence-corrected chi connectivity index (χ0v) is 12.7. The fraction of sp³-hybridized carbons (Fsp3) is 0.353. The van der Waals surface area contributed by atoms with Gasteiger partial charge in [0.1, 0.15) is 5.76 Å². The molecule has 1 atom stereocenters. The maximum absolute atomic E-state index is 5.44. The smallest absolute Gasteiger partial charge is 0.231 e. The third-order valence-electron chi connectivity index (χ3n) is 4.44. The molecule has 0 radical (unpaired) electrons. The molecule has 22 heavy (non-hydrogen) atoms. The number of rotatable bonds is 3. The standard InChI is InChI=1S/C17H17N3O2/c1-10-15(11(2)21-19-10)9-16-18-17(20-22-16)14-8-7-12-5-3-4-6-13(12)14/h3-6,14H,7-9H2,1-2H3. The van der Waals surface area contributed by atoms with Crippen molar-refractivity contribution in [1.82, 2.24) is 15.3 Å². The van der Waals surface area contributed by atoms with Crippen LogP contribution in [-0.4, -0.2) is 15.3 Å². The molecule has 1 aromatic carbocycles. The average molecular weight is 295 g/mol. The molecule has 5 nitrogen and oxygen atoms in total. The van der Waals surface area contributed by atoms with Crippen molar-refractivity contribution >= 4 is 0 Å². The molecule has 0 fully saturated rings. The number of hydrogen-bond acceptors (Lipinski definition) is 5. The Morgan fingerprint density at radius 1 is 1.14 bits per heavy atom. The first-order valence-electron chi connectivity index (χ1n) is 7.54. The second-order valence-electron chi connectivity index (χ2n) is 5.82. The molecule has 0 N–H and O–H groups in total. The van der Waals surface area contributed by atoms with Crippen LogP contribution >= 0.6 is 0 Å². The third-order valence-corrected chi connectivity index (χ3v) is 4.44. The second-order valence-corrected chi connectivity index (χ2v) is 5.82. The quantitative estimate of drug-likeness (QED) is 0.741. The van der Waals surface area contributed by atoms with Crippen molar-refractivity contribution in [3.63, 3.8) is 0 Å². The molecule has 0 amide bonds. The number of benzene rings is 1. The molecular formula is C17H17N3O2. The molecule has 1 aliphatic carbocycles. The van der Waals surface area contributed by atoms with Crippen LogP contribution in [0.5, 0.6) is 0 Å². The summed E-state index contributed by atoms with van der Waals surface area (Å²) in [6.07, 6.45) is 2.70. The van der Waals surface area contributed by atoms with Gasteiger partial charge in [-0.2, -0.15) is 4.98 Å². The molecule has 1 aliphatic rings. The van der Waals surface area contributed by atoms with Crippen LogP contribution in [0.4, 0.5) is 0 Å². The van der Waals surface area contributed by atoms with Gasteiger partial charge in [-0.1, -0.05) is 34.6 Å². The second kappa shape index (κ2) is 5.09. The van der Waals surface area contributed by atoms with Crippen molar-refractivity contribution in [3.05, 3.63) is 64.1 Å². The van der Waals surface area contributed by atoms with E-state index in [1.807, 2.05) is 13.8 Å². The molecule has 5 heteroatoms. The Bertz CT molecular complexity index is 799. The first kappa shape index (κ1) is 13.2. The number of aryl methyl sites for hydroxylation is 3. The summed E-state index contributed by atoms with van der Waals surface area (Å²) in [5.41, 5.74) is 4.63. The minimum atomic E-state index is 0.248. The Balaban J connectivity index is 1.60. The molecule has 1 unspecified atom stereocenters. The fourth-order valence-corrected chi connectivity index (χ4v) is 3.21. The fourth-order valence-electron chi connectivity index (χ4n) is 3.21. The van der Waals surface area contributed by atoms with E-state index in [1.165, 1.54) is 11.1 Å². The van der Waals surface area contributed by atoms with Crippen LogP contribution in [0, 0.1) is 13.8 Å². The van der Waals surface area contributed by atoms with E-state index < -0.39 is 0 Å². The van der Waals surface area contributed by atoms with E-state index in [0.717, 1.165) is 35.7 Å². The molecule has 2 heterocycles. The van der Waals surface area contributed by atoms with Gasteiger partial charge in [0, 0.05) is 11.5 Å². The van der Waals surface area contributed by atoms with Gasteiger partial charge in [0.15, 0.2) is 5.82 Å². The van der Waals surface area contributed by atoms with Crippen LogP contribution in [0.25, 0.3) is 0 Å². The maximum atomic E-state index is 5.44. The highest BCUT2D eigenvalue weighted by atomic mass is 16.5. The largest absolute Gasteiger partial charge is 0.361 e. The Hall–Kier alpha value is -2.43. The maximum Gasteiger partial charge on any atom is 0.231 e. The molecule has 0 spiro atoms. The highest BCUT2D eigenvalue weighted by molar-refractivity contribution is 5.38. The van der Waals surface area contributed by atoms with Crippen LogP contribution < -0.4 is 0 Å². The molecule has 0 bridgehead atoms. The Kier molecular flexibility index (Phi) is 3.06. The normalized spacial score (nSPS) is 16.9. The third kappa shape index (κ3) is 2.13. The van der Waals surface area contributed by atoms with Crippen molar-refractivity contribution < 1.29 is 9.05 Å². The van der Waals surface area contributed by atoms with E-state index in [4.69, 9.17) is 9.05 Å². The molecule has 3 aromatic rings. The van der Waals surface area contributed by atoms with Crippen LogP contribution in [0.1, 0.15) is 52.2 Å². The summed E-state index contributed by atoms with van der Waals surface area (Å²) in [6, 6.07) is 8.50. The van der Waals surface area contributed by atoms with Gasteiger partial charge < -0.3 is 9.05 Å². The van der Waals surface area contributed by atoms with Crippen LogP contribution in [0.15, 0.2) is 33.3 Å². The Morgan fingerprint density at radius 3 is 2.82 bits per heavy atom. The molecule has 0 saturated carbocycles. The molecule has 112 valence electrons. The van der Waals surface area contributed by atoms with Gasteiger partial charge >= 0.3 is 0 Å². The Morgan fingerprint density at radius 2 is 2.00 bits per heavy atom. The average Bonchev–Trinajstić information content (AvgIpc) is 3.22. The number of hydrogen-bond donors (Lipinski definition) is 0. The van der Waals surface area contributed by atoms with E-state index in [2.05, 4.69) is 39.6 Å². The van der Waals surface area contributed by atoms with Gasteiger partial charge in [-0.3, -0.25) is 0 Å². The van der Waals surface area contributed by atoms with Crippen molar-refractivity contribution in [2.45, 2.75) is 39.0 Å². The first-order chi connectivity index (χ1) is 10.7. The van der Waals surface area contributed by atoms with Gasteiger partial charge in [0.25, 0.3) is 0 Å². The van der Waals surface area contributed by atoms with E-state index in [9.17, 15) is 0 Å². The minimum absolute atomic E-state index is 0.248. The van der Waals surface area contributed by atoms with Gasteiger partial charge in [-0.15, -0.1) is 0 Å². The molecule has 4 rings (SSSR count). The highest BCUT2D eigenvalue weighted by Crippen LogP contribution is 2.36. The van der Waals surface area contributed by atoms with Crippen LogP contribution in [-0.2, 0) is 12.8 Å². The molecule has 0 saturated heterocycles. The Labute approximate surface area is 128 Å². The van der Waals surface area contributed by atoms with Gasteiger partial charge in [0.2, 0.25) is 5.89 Å². The summed E-state index contributed by atoms with van der Waals surface area (Å²) in [5, 5.41) is 8.16. The first-order valence-corrected chi connectivity index (χ1v) is 7.54. The van der Waals surface area contributed by atoms with Crippen LogP contribution in [0.3, 0.4) is 0 Å². The lowest BCUT2D eigenvalue weighted by molar-refractivity contribution is 0.374. The summed E-state index contributed by atoms with van der Waals surface area (Å²) in [4.78, 5) is 4.60. The lowest BCUT2D eigenvalue weighted by atomic mass is 10.0. The lowest BCUT2D eigenvalue weighted by Gasteiger charge is -2.05. The van der Waals surface area contributed by atoms with Gasteiger partial charge in [-0.05, 0) is 37.8 Å². The zero-order valence-electron chi connectivity index (χ0n) is 12.7. The molecule has 2 aromatic heterocycles. The highest BCUT2D eigenvalue weighted by Gasteiger charge is 2.27. The predicted molar refractivity (Wildman–Crippen MR) is 79.7 cm³/mol. The summed E-state index contributed by atoms with van der Waals surface area (Å²) in [5.74, 6) is 2.46. The SMILES string of the molecule is Cc1noc(C)c1Cc1nc(C2CCc3ccccc32)no1. The molecule has 0 aliphatic heterocycles. The lowest BCUT2D eigenvalue weighted by Crippen LogP contribution is -1.99. The monoisotopic (exact) mass is 295 g/mol. The summed E-state index contributed by atoms with van der Waals surface area (Å²) >= 11 is 0. The zero-order chi connectivity index (χ0) is 15.1. The van der Waals surface area contributed by atoms with E-state index in [1.54, 1.807) is 0 Å².